The molecule has 0 aliphatic carbocycles. The summed E-state index contributed by atoms with van der Waals surface area (Å²) >= 11 is 8.83. The summed E-state index contributed by atoms with van der Waals surface area (Å²) < 4.78 is 3.79. The van der Waals surface area contributed by atoms with Gasteiger partial charge in [-0.3, -0.25) is 4.57 Å². The molecule has 0 fully saturated rings. The molecule has 1 aromatic heterocycles. The molecule has 17 heavy (non-hydrogen) atoms. The van der Waals surface area contributed by atoms with Crippen molar-refractivity contribution >= 4 is 39.2 Å². The number of H-pyrrole nitrogens is 1. The zero-order valence-electron chi connectivity index (χ0n) is 8.85. The fourth-order valence-electron chi connectivity index (χ4n) is 1.92. The van der Waals surface area contributed by atoms with Gasteiger partial charge in [-0.1, -0.05) is 34.1 Å². The maximum atomic E-state index is 5.37. The summed E-state index contributed by atoms with van der Waals surface area (Å²) in [4.78, 5) is 3.21. The van der Waals surface area contributed by atoms with Crippen molar-refractivity contribution in [3.05, 3.63) is 57.8 Å². The van der Waals surface area contributed by atoms with E-state index in [2.05, 4.69) is 27.0 Å². The largest absolute Gasteiger partial charge is 0.330 e. The molecule has 0 atom stereocenters. The van der Waals surface area contributed by atoms with E-state index in [9.17, 15) is 0 Å². The van der Waals surface area contributed by atoms with Crippen molar-refractivity contribution in [3.8, 4) is 5.69 Å². The number of halogens is 1. The van der Waals surface area contributed by atoms with Gasteiger partial charge in [-0.25, -0.2) is 0 Å². The standard InChI is InChI=1S/C13H9BrN2S/c14-9-6-7-12-11(8-9)15-13(17)16(12)10-4-2-1-3-5-10/h1-8H,(H,15,17). The monoisotopic (exact) mass is 304 g/mol. The molecular weight excluding hydrogens is 296 g/mol. The second-order valence-corrected chi connectivity index (χ2v) is 5.06. The van der Waals surface area contributed by atoms with Crippen molar-refractivity contribution < 1.29 is 0 Å². The van der Waals surface area contributed by atoms with Crippen LogP contribution >= 0.6 is 28.1 Å². The Hall–Kier alpha value is -1.39. The minimum atomic E-state index is 0.712. The zero-order valence-corrected chi connectivity index (χ0v) is 11.3. The van der Waals surface area contributed by atoms with Crippen molar-refractivity contribution in [3.63, 3.8) is 0 Å². The average Bonchev–Trinajstić information content (AvgIpc) is 2.65. The molecule has 2 aromatic carbocycles. The third kappa shape index (κ3) is 1.83. The number of nitrogens with one attached hydrogen (secondary N) is 1. The van der Waals surface area contributed by atoms with E-state index in [0.29, 0.717) is 4.77 Å². The molecule has 3 rings (SSSR count). The van der Waals surface area contributed by atoms with Gasteiger partial charge in [0.25, 0.3) is 0 Å². The molecule has 0 spiro atoms. The first kappa shape index (κ1) is 10.7. The molecule has 0 saturated carbocycles. The van der Waals surface area contributed by atoms with E-state index >= 15 is 0 Å². The van der Waals surface area contributed by atoms with Gasteiger partial charge in [0.05, 0.1) is 11.0 Å². The second-order valence-electron chi connectivity index (χ2n) is 3.76. The summed E-state index contributed by atoms with van der Waals surface area (Å²) in [5, 5.41) is 0. The molecule has 4 heteroatoms. The fourth-order valence-corrected chi connectivity index (χ4v) is 2.59. The van der Waals surface area contributed by atoms with E-state index in [1.807, 2.05) is 47.0 Å². The minimum absolute atomic E-state index is 0.712. The van der Waals surface area contributed by atoms with Gasteiger partial charge in [-0.05, 0) is 42.5 Å². The lowest BCUT2D eigenvalue weighted by atomic mass is 10.3. The third-order valence-corrected chi connectivity index (χ3v) is 3.44. The molecule has 0 amide bonds. The summed E-state index contributed by atoms with van der Waals surface area (Å²) in [6, 6.07) is 16.2. The van der Waals surface area contributed by atoms with Crippen LogP contribution in [0, 0.1) is 4.77 Å². The highest BCUT2D eigenvalue weighted by molar-refractivity contribution is 9.10. The molecule has 0 radical (unpaired) electrons. The van der Waals surface area contributed by atoms with Crippen LogP contribution < -0.4 is 0 Å². The summed E-state index contributed by atoms with van der Waals surface area (Å²) in [6.45, 7) is 0. The summed E-state index contributed by atoms with van der Waals surface area (Å²) in [5.74, 6) is 0. The SMILES string of the molecule is S=c1[nH]c2cc(Br)ccc2n1-c1ccccc1. The Kier molecular flexibility index (Phi) is 2.61. The number of fused-ring (bicyclic) bond motifs is 1. The third-order valence-electron chi connectivity index (χ3n) is 2.66. The van der Waals surface area contributed by atoms with Crippen LogP contribution in [0.4, 0.5) is 0 Å². The lowest BCUT2D eigenvalue weighted by Gasteiger charge is -2.03. The molecule has 1 heterocycles. The van der Waals surface area contributed by atoms with Crippen LogP contribution in [0.3, 0.4) is 0 Å². The Balaban J connectivity index is 2.37. The number of nitrogens with zero attached hydrogens (tertiary/aromatic N) is 1. The van der Waals surface area contributed by atoms with E-state index in [1.54, 1.807) is 0 Å². The summed E-state index contributed by atoms with van der Waals surface area (Å²) in [5.41, 5.74) is 3.20. The van der Waals surface area contributed by atoms with Crippen LogP contribution in [0.1, 0.15) is 0 Å². The van der Waals surface area contributed by atoms with Gasteiger partial charge in [0.1, 0.15) is 0 Å². The zero-order chi connectivity index (χ0) is 11.8. The first-order chi connectivity index (χ1) is 8.25. The summed E-state index contributed by atoms with van der Waals surface area (Å²) in [7, 11) is 0. The predicted octanol–water partition coefficient (Wildman–Crippen LogP) is 4.45. The number of rotatable bonds is 1. The van der Waals surface area contributed by atoms with Crippen molar-refractivity contribution in [2.45, 2.75) is 0 Å². The van der Waals surface area contributed by atoms with Gasteiger partial charge in [0.15, 0.2) is 4.77 Å². The molecule has 2 nitrogen and oxygen atoms in total. The second kappa shape index (κ2) is 4.13. The number of aromatic amines is 1. The van der Waals surface area contributed by atoms with Crippen LogP contribution in [0.5, 0.6) is 0 Å². The Morgan fingerprint density at radius 3 is 2.59 bits per heavy atom. The highest BCUT2D eigenvalue weighted by Gasteiger charge is 2.05. The molecule has 84 valence electrons. The van der Waals surface area contributed by atoms with E-state index in [0.717, 1.165) is 21.2 Å². The lowest BCUT2D eigenvalue weighted by molar-refractivity contribution is 1.06. The number of hydrogen-bond donors (Lipinski definition) is 1. The predicted molar refractivity (Wildman–Crippen MR) is 76.2 cm³/mol. The van der Waals surface area contributed by atoms with Crippen molar-refractivity contribution in [2.75, 3.05) is 0 Å². The lowest BCUT2D eigenvalue weighted by Crippen LogP contribution is -1.92. The van der Waals surface area contributed by atoms with Crippen LogP contribution in [-0.2, 0) is 0 Å². The van der Waals surface area contributed by atoms with Gasteiger partial charge in [-0.15, -0.1) is 0 Å². The van der Waals surface area contributed by atoms with Gasteiger partial charge in [0, 0.05) is 10.2 Å². The molecule has 1 N–H and O–H groups in total. The number of hydrogen-bond acceptors (Lipinski definition) is 1. The maximum absolute atomic E-state index is 5.37. The number of imidazole rings is 1. The van der Waals surface area contributed by atoms with E-state index in [1.165, 1.54) is 0 Å². The average molecular weight is 305 g/mol. The van der Waals surface area contributed by atoms with Gasteiger partial charge >= 0.3 is 0 Å². The molecular formula is C13H9BrN2S. The molecule has 0 unspecified atom stereocenters. The van der Waals surface area contributed by atoms with Crippen LogP contribution in [0.2, 0.25) is 0 Å². The molecule has 3 aromatic rings. The Bertz CT molecular complexity index is 728. The van der Waals surface area contributed by atoms with Crippen molar-refractivity contribution in [2.24, 2.45) is 0 Å². The van der Waals surface area contributed by atoms with Gasteiger partial charge in [0.2, 0.25) is 0 Å². The van der Waals surface area contributed by atoms with Crippen molar-refractivity contribution in [1.29, 1.82) is 0 Å². The van der Waals surface area contributed by atoms with Crippen LogP contribution in [0.15, 0.2) is 53.0 Å². The minimum Gasteiger partial charge on any atom is -0.330 e. The summed E-state index contributed by atoms with van der Waals surface area (Å²) in [6.07, 6.45) is 0. The number of para-hydroxylation sites is 1. The molecule has 0 aliphatic rings. The maximum Gasteiger partial charge on any atom is 0.182 e. The Labute approximate surface area is 112 Å². The first-order valence-electron chi connectivity index (χ1n) is 5.21. The number of aromatic nitrogens is 2. The van der Waals surface area contributed by atoms with E-state index in [4.69, 9.17) is 12.2 Å². The highest BCUT2D eigenvalue weighted by Crippen LogP contribution is 2.22. The normalized spacial score (nSPS) is 10.9. The quantitative estimate of drug-likeness (QED) is 0.659. The number of benzene rings is 2. The topological polar surface area (TPSA) is 20.7 Å². The van der Waals surface area contributed by atoms with Crippen molar-refractivity contribution in [1.82, 2.24) is 9.55 Å². The Morgan fingerprint density at radius 2 is 1.82 bits per heavy atom. The van der Waals surface area contributed by atoms with Crippen LogP contribution in [-0.4, -0.2) is 9.55 Å². The fraction of sp³-hybridized carbons (Fsp3) is 0. The molecule has 0 aliphatic heterocycles. The smallest absolute Gasteiger partial charge is 0.182 e. The Morgan fingerprint density at radius 1 is 1.06 bits per heavy atom. The molecule has 0 saturated heterocycles. The van der Waals surface area contributed by atoms with E-state index < -0.39 is 0 Å². The first-order valence-corrected chi connectivity index (χ1v) is 6.41. The van der Waals surface area contributed by atoms with Crippen LogP contribution in [0.25, 0.3) is 16.7 Å². The van der Waals surface area contributed by atoms with Gasteiger partial charge in [-0.2, -0.15) is 0 Å². The van der Waals surface area contributed by atoms with Gasteiger partial charge < -0.3 is 4.98 Å². The highest BCUT2D eigenvalue weighted by atomic mass is 79.9. The molecule has 0 bridgehead atoms. The van der Waals surface area contributed by atoms with E-state index in [-0.39, 0.29) is 0 Å².